The highest BCUT2D eigenvalue weighted by Gasteiger charge is 2.09. The number of Topliss-reactive ketones (excluding diaryl/α,β-unsaturated/α-hetero) is 1. The lowest BCUT2D eigenvalue weighted by Gasteiger charge is -2.00. The minimum Gasteiger partial charge on any atom is -0.294 e. The Balaban J connectivity index is 2.07. The lowest BCUT2D eigenvalue weighted by Crippen LogP contribution is -2.03. The molecule has 0 bridgehead atoms. The fraction of sp³-hybridized carbons (Fsp3) is 0.333. The summed E-state index contributed by atoms with van der Waals surface area (Å²) >= 11 is 0. The van der Waals surface area contributed by atoms with Crippen LogP contribution in [-0.4, -0.2) is 15.6 Å². The maximum atomic E-state index is 12.1. The van der Waals surface area contributed by atoms with Crippen molar-refractivity contribution in [3.05, 3.63) is 53.3 Å². The van der Waals surface area contributed by atoms with E-state index in [-0.39, 0.29) is 5.78 Å². The lowest BCUT2D eigenvalue weighted by molar-refractivity contribution is 0.0993. The molecule has 2 aromatic rings. The summed E-state index contributed by atoms with van der Waals surface area (Å²) in [4.78, 5) is 12.1. The quantitative estimate of drug-likeness (QED) is 0.755. The number of rotatable bonds is 5. The summed E-state index contributed by atoms with van der Waals surface area (Å²) in [7, 11) is 0. The van der Waals surface area contributed by atoms with Crippen molar-refractivity contribution in [2.45, 2.75) is 33.2 Å². The molecule has 94 valence electrons. The maximum Gasteiger partial charge on any atom is 0.170 e. The normalized spacial score (nSPS) is 10.6. The summed E-state index contributed by atoms with van der Waals surface area (Å²) in [6, 6.07) is 8.06. The van der Waals surface area contributed by atoms with Gasteiger partial charge in [-0.25, -0.2) is 0 Å². The van der Waals surface area contributed by atoms with Gasteiger partial charge in [0.1, 0.15) is 0 Å². The number of ketones is 1. The number of aromatic nitrogens is 2. The van der Waals surface area contributed by atoms with Crippen LogP contribution in [0.3, 0.4) is 0 Å². The number of nitrogens with zero attached hydrogens (tertiary/aromatic N) is 2. The van der Waals surface area contributed by atoms with Gasteiger partial charge < -0.3 is 0 Å². The largest absolute Gasteiger partial charge is 0.294 e. The molecule has 3 nitrogen and oxygen atoms in total. The molecule has 0 aliphatic heterocycles. The van der Waals surface area contributed by atoms with Crippen molar-refractivity contribution in [2.24, 2.45) is 0 Å². The Morgan fingerprint density at radius 3 is 2.94 bits per heavy atom. The summed E-state index contributed by atoms with van der Waals surface area (Å²) in [6.45, 7) is 4.99. The Labute approximate surface area is 107 Å². The molecule has 0 aliphatic carbocycles. The third-order valence-electron chi connectivity index (χ3n) is 2.86. The van der Waals surface area contributed by atoms with Crippen LogP contribution in [0.2, 0.25) is 0 Å². The van der Waals surface area contributed by atoms with Crippen molar-refractivity contribution in [3.8, 4) is 0 Å². The summed E-state index contributed by atoms with van der Waals surface area (Å²) in [6.07, 6.45) is 4.96. The van der Waals surface area contributed by atoms with Crippen LogP contribution in [0.4, 0.5) is 0 Å². The van der Waals surface area contributed by atoms with E-state index in [2.05, 4.69) is 12.0 Å². The Hall–Kier alpha value is -1.90. The fourth-order valence-electron chi connectivity index (χ4n) is 1.97. The number of carbonyl (C=O) groups excluding carboxylic acids is 1. The zero-order valence-corrected chi connectivity index (χ0v) is 10.9. The van der Waals surface area contributed by atoms with E-state index < -0.39 is 0 Å². The molecule has 0 fully saturated rings. The van der Waals surface area contributed by atoms with Gasteiger partial charge in [0.2, 0.25) is 0 Å². The molecule has 3 heteroatoms. The molecule has 2 rings (SSSR count). The lowest BCUT2D eigenvalue weighted by atomic mass is 10.0. The van der Waals surface area contributed by atoms with Crippen molar-refractivity contribution < 1.29 is 4.79 Å². The predicted octanol–water partition coefficient (Wildman–Crippen LogP) is 3.03. The van der Waals surface area contributed by atoms with Gasteiger partial charge in [0.05, 0.1) is 11.8 Å². The summed E-state index contributed by atoms with van der Waals surface area (Å²) < 4.78 is 1.82. The first-order valence-electron chi connectivity index (χ1n) is 6.30. The molecule has 0 aliphatic rings. The first-order chi connectivity index (χ1) is 8.69. The van der Waals surface area contributed by atoms with Crippen LogP contribution in [0.1, 0.15) is 34.8 Å². The second kappa shape index (κ2) is 5.63. The zero-order chi connectivity index (χ0) is 13.0. The van der Waals surface area contributed by atoms with Crippen molar-refractivity contribution in [2.75, 3.05) is 0 Å². The van der Waals surface area contributed by atoms with E-state index in [0.717, 1.165) is 18.5 Å². The minimum atomic E-state index is 0.128. The standard InChI is InChI=1S/C15H18N2O/c1-3-7-17-11-14(10-16-17)15(18)9-13-6-4-5-12(2)8-13/h4-6,8,10-11H,3,7,9H2,1-2H3. The number of hydrogen-bond acceptors (Lipinski definition) is 2. The van der Waals surface area contributed by atoms with Crippen LogP contribution in [0.15, 0.2) is 36.7 Å². The van der Waals surface area contributed by atoms with Gasteiger partial charge in [-0.1, -0.05) is 36.8 Å². The SMILES string of the molecule is CCCn1cc(C(=O)Cc2cccc(C)c2)cn1. The second-order valence-corrected chi connectivity index (χ2v) is 4.58. The van der Waals surface area contributed by atoms with E-state index >= 15 is 0 Å². The van der Waals surface area contributed by atoms with Crippen molar-refractivity contribution in [3.63, 3.8) is 0 Å². The molecule has 0 atom stereocenters. The number of hydrogen-bond donors (Lipinski definition) is 0. The molecular weight excluding hydrogens is 224 g/mol. The molecule has 0 unspecified atom stereocenters. The van der Waals surface area contributed by atoms with Crippen molar-refractivity contribution in [1.82, 2.24) is 9.78 Å². The topological polar surface area (TPSA) is 34.9 Å². The first kappa shape index (κ1) is 12.6. The first-order valence-corrected chi connectivity index (χ1v) is 6.30. The molecule has 1 aromatic heterocycles. The predicted molar refractivity (Wildman–Crippen MR) is 71.7 cm³/mol. The summed E-state index contributed by atoms with van der Waals surface area (Å²) in [5.41, 5.74) is 2.94. The highest BCUT2D eigenvalue weighted by Crippen LogP contribution is 2.09. The van der Waals surface area contributed by atoms with Gasteiger partial charge in [-0.2, -0.15) is 5.10 Å². The molecule has 0 radical (unpaired) electrons. The Kier molecular flexibility index (Phi) is 3.92. The number of aryl methyl sites for hydroxylation is 2. The molecule has 1 heterocycles. The van der Waals surface area contributed by atoms with Crippen LogP contribution >= 0.6 is 0 Å². The van der Waals surface area contributed by atoms with Crippen LogP contribution in [0, 0.1) is 6.92 Å². The second-order valence-electron chi connectivity index (χ2n) is 4.58. The third kappa shape index (κ3) is 3.06. The Morgan fingerprint density at radius 1 is 1.39 bits per heavy atom. The summed E-state index contributed by atoms with van der Waals surface area (Å²) in [5, 5.41) is 4.18. The van der Waals surface area contributed by atoms with Crippen LogP contribution in [0.5, 0.6) is 0 Å². The van der Waals surface area contributed by atoms with Gasteiger partial charge in [0.25, 0.3) is 0 Å². The van der Waals surface area contributed by atoms with Gasteiger partial charge in [0.15, 0.2) is 5.78 Å². The van der Waals surface area contributed by atoms with E-state index in [0.29, 0.717) is 12.0 Å². The molecule has 0 saturated heterocycles. The molecule has 0 saturated carbocycles. The molecule has 18 heavy (non-hydrogen) atoms. The molecule has 0 amide bonds. The van der Waals surface area contributed by atoms with Gasteiger partial charge >= 0.3 is 0 Å². The van der Waals surface area contributed by atoms with Crippen LogP contribution < -0.4 is 0 Å². The fourth-order valence-corrected chi connectivity index (χ4v) is 1.97. The number of benzene rings is 1. The smallest absolute Gasteiger partial charge is 0.170 e. The van der Waals surface area contributed by atoms with E-state index in [1.807, 2.05) is 42.1 Å². The zero-order valence-electron chi connectivity index (χ0n) is 10.9. The molecule has 0 spiro atoms. The minimum absolute atomic E-state index is 0.128. The molecule has 0 N–H and O–H groups in total. The monoisotopic (exact) mass is 242 g/mol. The Morgan fingerprint density at radius 2 is 2.22 bits per heavy atom. The van der Waals surface area contributed by atoms with E-state index in [1.165, 1.54) is 5.56 Å². The average molecular weight is 242 g/mol. The van der Waals surface area contributed by atoms with Gasteiger partial charge in [-0.05, 0) is 18.9 Å². The Bertz CT molecular complexity index is 543. The van der Waals surface area contributed by atoms with Gasteiger partial charge in [-0.3, -0.25) is 9.48 Å². The average Bonchev–Trinajstić information content (AvgIpc) is 2.78. The van der Waals surface area contributed by atoms with Crippen LogP contribution in [0.25, 0.3) is 0 Å². The molecule has 1 aromatic carbocycles. The third-order valence-corrected chi connectivity index (χ3v) is 2.86. The van der Waals surface area contributed by atoms with Crippen LogP contribution in [-0.2, 0) is 13.0 Å². The van der Waals surface area contributed by atoms with E-state index in [9.17, 15) is 4.79 Å². The van der Waals surface area contributed by atoms with E-state index in [4.69, 9.17) is 0 Å². The number of carbonyl (C=O) groups is 1. The summed E-state index contributed by atoms with van der Waals surface area (Å²) in [5.74, 6) is 0.128. The van der Waals surface area contributed by atoms with Gasteiger partial charge in [0, 0.05) is 19.2 Å². The highest BCUT2D eigenvalue weighted by atomic mass is 16.1. The van der Waals surface area contributed by atoms with Crippen molar-refractivity contribution in [1.29, 1.82) is 0 Å². The van der Waals surface area contributed by atoms with Crippen molar-refractivity contribution >= 4 is 5.78 Å². The molecular formula is C15H18N2O. The highest BCUT2D eigenvalue weighted by molar-refractivity contribution is 5.97. The van der Waals surface area contributed by atoms with Gasteiger partial charge in [-0.15, -0.1) is 0 Å². The maximum absolute atomic E-state index is 12.1. The van der Waals surface area contributed by atoms with E-state index in [1.54, 1.807) is 6.20 Å².